The van der Waals surface area contributed by atoms with Crippen LogP contribution in [0, 0.1) is 30.9 Å². The van der Waals surface area contributed by atoms with E-state index in [0.717, 1.165) is 16.8 Å². The fourth-order valence-corrected chi connectivity index (χ4v) is 2.93. The number of hydrogen-bond acceptors (Lipinski definition) is 7. The van der Waals surface area contributed by atoms with E-state index >= 15 is 0 Å². The van der Waals surface area contributed by atoms with Crippen molar-refractivity contribution in [3.8, 4) is 5.75 Å². The highest BCUT2D eigenvalue weighted by atomic mass is 16.6. The van der Waals surface area contributed by atoms with Crippen LogP contribution < -0.4 is 15.4 Å². The molecule has 0 saturated carbocycles. The van der Waals surface area contributed by atoms with Gasteiger partial charge >= 0.3 is 5.69 Å². The summed E-state index contributed by atoms with van der Waals surface area (Å²) in [5.41, 5.74) is 3.57. The second kappa shape index (κ2) is 7.91. The molecule has 0 atom stereocenters. The monoisotopic (exact) mass is 379 g/mol. The minimum Gasteiger partial charge on any atom is -0.495 e. The maximum Gasteiger partial charge on any atom is 0.332 e. The lowest BCUT2D eigenvalue weighted by Gasteiger charge is -2.14. The van der Waals surface area contributed by atoms with Crippen molar-refractivity contribution >= 4 is 28.8 Å². The van der Waals surface area contributed by atoms with Crippen molar-refractivity contribution in [3.63, 3.8) is 0 Å². The van der Waals surface area contributed by atoms with Gasteiger partial charge in [-0.05, 0) is 44.0 Å². The number of methoxy groups -OCH3 is 1. The van der Waals surface area contributed by atoms with Crippen LogP contribution in [-0.2, 0) is 0 Å². The molecule has 8 nitrogen and oxygen atoms in total. The van der Waals surface area contributed by atoms with E-state index in [0.29, 0.717) is 11.4 Å². The van der Waals surface area contributed by atoms with Crippen LogP contribution in [0.2, 0.25) is 0 Å². The van der Waals surface area contributed by atoms with Crippen LogP contribution in [0.5, 0.6) is 5.75 Å². The third-order valence-electron chi connectivity index (χ3n) is 4.32. The summed E-state index contributed by atoms with van der Waals surface area (Å²) in [6, 6.07) is 13.1. The molecule has 2 aromatic carbocycles. The molecule has 0 radical (unpaired) electrons. The molecule has 0 bridgehead atoms. The Morgan fingerprint density at radius 2 is 1.64 bits per heavy atom. The molecule has 3 rings (SSSR count). The van der Waals surface area contributed by atoms with E-state index < -0.39 is 4.92 Å². The fraction of sp³-hybridized carbons (Fsp3) is 0.200. The standard InChI is InChI=1S/C20H21N5O3/c1-12-8-7-9-13(2)17(12)23-20-21-14(3)18(25(26)27)19(24-20)22-15-10-5-6-11-16(15)28-4/h5-11H,1-4H3,(H2,21,22,23,24). The van der Waals surface area contributed by atoms with E-state index in [4.69, 9.17) is 4.74 Å². The molecule has 0 aliphatic heterocycles. The van der Waals surface area contributed by atoms with E-state index in [2.05, 4.69) is 20.6 Å². The quantitative estimate of drug-likeness (QED) is 0.468. The van der Waals surface area contributed by atoms with Crippen molar-refractivity contribution in [2.24, 2.45) is 0 Å². The number of nitrogens with zero attached hydrogens (tertiary/aromatic N) is 3. The molecule has 8 heteroatoms. The Balaban J connectivity index is 2.06. The number of nitrogens with one attached hydrogen (secondary N) is 2. The average Bonchev–Trinajstić information content (AvgIpc) is 2.64. The first kappa shape index (κ1) is 19.1. The summed E-state index contributed by atoms with van der Waals surface area (Å²) in [5.74, 6) is 0.922. The van der Waals surface area contributed by atoms with Crippen LogP contribution in [-0.4, -0.2) is 22.0 Å². The van der Waals surface area contributed by atoms with Crippen LogP contribution in [0.25, 0.3) is 0 Å². The Morgan fingerprint density at radius 1 is 0.964 bits per heavy atom. The van der Waals surface area contributed by atoms with Crippen LogP contribution >= 0.6 is 0 Å². The number of aryl methyl sites for hydroxylation is 3. The molecule has 0 amide bonds. The largest absolute Gasteiger partial charge is 0.495 e. The van der Waals surface area contributed by atoms with E-state index in [-0.39, 0.29) is 23.1 Å². The summed E-state index contributed by atoms with van der Waals surface area (Å²) in [6.07, 6.45) is 0. The smallest absolute Gasteiger partial charge is 0.332 e. The van der Waals surface area contributed by atoms with Gasteiger partial charge in [0.25, 0.3) is 0 Å². The highest BCUT2D eigenvalue weighted by Crippen LogP contribution is 2.34. The predicted molar refractivity (Wildman–Crippen MR) is 109 cm³/mol. The molecule has 0 spiro atoms. The van der Waals surface area contributed by atoms with Crippen LogP contribution in [0.1, 0.15) is 16.8 Å². The Morgan fingerprint density at radius 3 is 2.29 bits per heavy atom. The van der Waals surface area contributed by atoms with Gasteiger partial charge in [-0.15, -0.1) is 0 Å². The second-order valence-electron chi connectivity index (χ2n) is 6.30. The van der Waals surface area contributed by atoms with Crippen LogP contribution in [0.4, 0.5) is 28.8 Å². The average molecular weight is 379 g/mol. The molecular formula is C20H21N5O3. The van der Waals surface area contributed by atoms with Gasteiger partial charge in [0.1, 0.15) is 11.4 Å². The van der Waals surface area contributed by atoms with Crippen molar-refractivity contribution in [3.05, 3.63) is 69.4 Å². The summed E-state index contributed by atoms with van der Waals surface area (Å²) >= 11 is 0. The van der Waals surface area contributed by atoms with Gasteiger partial charge in [0.15, 0.2) is 0 Å². The first-order chi connectivity index (χ1) is 13.4. The third kappa shape index (κ3) is 3.85. The van der Waals surface area contributed by atoms with E-state index in [9.17, 15) is 10.1 Å². The number of anilines is 4. The Bertz CT molecular complexity index is 1020. The molecule has 1 heterocycles. The maximum atomic E-state index is 11.6. The lowest BCUT2D eigenvalue weighted by Crippen LogP contribution is -2.08. The van der Waals surface area contributed by atoms with Gasteiger partial charge in [-0.3, -0.25) is 10.1 Å². The van der Waals surface area contributed by atoms with E-state index in [1.807, 2.05) is 38.1 Å². The highest BCUT2D eigenvalue weighted by Gasteiger charge is 2.23. The Hall–Kier alpha value is -3.68. The molecule has 0 fully saturated rings. The predicted octanol–water partition coefficient (Wildman–Crippen LogP) is 4.81. The molecular weight excluding hydrogens is 358 g/mol. The normalized spacial score (nSPS) is 10.4. The molecule has 0 unspecified atom stereocenters. The van der Waals surface area contributed by atoms with Crippen molar-refractivity contribution in [2.45, 2.75) is 20.8 Å². The number of para-hydroxylation sites is 3. The number of rotatable bonds is 6. The zero-order valence-corrected chi connectivity index (χ0v) is 16.1. The molecule has 144 valence electrons. The lowest BCUT2D eigenvalue weighted by molar-refractivity contribution is -0.385. The lowest BCUT2D eigenvalue weighted by atomic mass is 10.1. The Labute approximate surface area is 162 Å². The third-order valence-corrected chi connectivity index (χ3v) is 4.32. The van der Waals surface area contributed by atoms with Gasteiger partial charge in [0.2, 0.25) is 11.8 Å². The number of aromatic nitrogens is 2. The zero-order valence-electron chi connectivity index (χ0n) is 16.1. The summed E-state index contributed by atoms with van der Waals surface area (Å²) in [7, 11) is 1.54. The number of nitro groups is 1. The molecule has 0 aliphatic rings. The number of ether oxygens (including phenoxy) is 1. The maximum absolute atomic E-state index is 11.6. The minimum absolute atomic E-state index is 0.0933. The van der Waals surface area contributed by atoms with Crippen molar-refractivity contribution in [1.82, 2.24) is 9.97 Å². The van der Waals surface area contributed by atoms with E-state index in [1.54, 1.807) is 25.1 Å². The van der Waals surface area contributed by atoms with E-state index in [1.165, 1.54) is 7.11 Å². The SMILES string of the molecule is COc1ccccc1Nc1nc(Nc2c(C)cccc2C)nc(C)c1[N+](=O)[O-]. The van der Waals surface area contributed by atoms with Crippen molar-refractivity contribution in [2.75, 3.05) is 17.7 Å². The van der Waals surface area contributed by atoms with Gasteiger partial charge in [-0.2, -0.15) is 4.98 Å². The van der Waals surface area contributed by atoms with Crippen molar-refractivity contribution < 1.29 is 9.66 Å². The summed E-state index contributed by atoms with van der Waals surface area (Å²) in [6.45, 7) is 5.53. The molecule has 3 aromatic rings. The summed E-state index contributed by atoms with van der Waals surface area (Å²) < 4.78 is 5.31. The number of benzene rings is 2. The first-order valence-corrected chi connectivity index (χ1v) is 8.67. The molecule has 0 aliphatic carbocycles. The van der Waals surface area contributed by atoms with Crippen LogP contribution in [0.3, 0.4) is 0 Å². The van der Waals surface area contributed by atoms with Gasteiger partial charge < -0.3 is 15.4 Å². The highest BCUT2D eigenvalue weighted by molar-refractivity contribution is 5.73. The minimum atomic E-state index is -0.490. The van der Waals surface area contributed by atoms with Gasteiger partial charge in [-0.1, -0.05) is 30.3 Å². The number of hydrogen-bond donors (Lipinski definition) is 2. The van der Waals surface area contributed by atoms with Crippen molar-refractivity contribution in [1.29, 1.82) is 0 Å². The summed E-state index contributed by atoms with van der Waals surface area (Å²) in [4.78, 5) is 19.8. The molecule has 28 heavy (non-hydrogen) atoms. The fourth-order valence-electron chi connectivity index (χ4n) is 2.93. The second-order valence-corrected chi connectivity index (χ2v) is 6.30. The molecule has 0 saturated heterocycles. The molecule has 2 N–H and O–H groups in total. The topological polar surface area (TPSA) is 102 Å². The zero-order chi connectivity index (χ0) is 20.3. The molecule has 1 aromatic heterocycles. The summed E-state index contributed by atoms with van der Waals surface area (Å²) in [5, 5.41) is 17.8. The van der Waals surface area contributed by atoms with Crippen LogP contribution in [0.15, 0.2) is 42.5 Å². The first-order valence-electron chi connectivity index (χ1n) is 8.67. The van der Waals surface area contributed by atoms with Gasteiger partial charge in [-0.25, -0.2) is 4.98 Å². The Kier molecular flexibility index (Phi) is 5.39. The van der Waals surface area contributed by atoms with Gasteiger partial charge in [0, 0.05) is 5.69 Å². The van der Waals surface area contributed by atoms with Gasteiger partial charge in [0.05, 0.1) is 17.7 Å².